The van der Waals surface area contributed by atoms with Crippen molar-refractivity contribution >= 4 is 12.4 Å². The number of nitrogens with zero attached hydrogens (tertiary/aromatic N) is 1. The third-order valence-corrected chi connectivity index (χ3v) is 5.80. The SMILES string of the molecule is CCOc1cc(CN2CCC3(CCNC3)C2)ccc1OCc1ccccc1.Cl. The standard InChI is InChI=1S/C23H30N2O2.ClH/c1-2-26-22-14-20(15-25-13-11-23(18-25)10-12-24-17-23)8-9-21(22)27-16-19-6-4-3-5-7-19;/h3-9,14,24H,2,10-13,15-18H2,1H3;1H. The molecule has 2 aliphatic heterocycles. The van der Waals surface area contributed by atoms with Gasteiger partial charge in [0, 0.05) is 19.6 Å². The van der Waals surface area contributed by atoms with Crippen molar-refractivity contribution in [1.29, 1.82) is 0 Å². The molecule has 0 saturated carbocycles. The molecule has 2 saturated heterocycles. The lowest BCUT2D eigenvalue weighted by Gasteiger charge is -2.23. The maximum atomic E-state index is 6.03. The van der Waals surface area contributed by atoms with E-state index in [9.17, 15) is 0 Å². The molecule has 2 fully saturated rings. The molecular formula is C23H31ClN2O2. The minimum Gasteiger partial charge on any atom is -0.490 e. The fourth-order valence-electron chi connectivity index (χ4n) is 4.34. The molecule has 0 bridgehead atoms. The summed E-state index contributed by atoms with van der Waals surface area (Å²) in [4.78, 5) is 2.59. The van der Waals surface area contributed by atoms with Crippen molar-refractivity contribution in [3.05, 3.63) is 59.7 Å². The molecule has 1 spiro atoms. The van der Waals surface area contributed by atoms with Crippen LogP contribution >= 0.6 is 12.4 Å². The molecular weight excluding hydrogens is 372 g/mol. The van der Waals surface area contributed by atoms with E-state index >= 15 is 0 Å². The van der Waals surface area contributed by atoms with Gasteiger partial charge in [-0.25, -0.2) is 0 Å². The third-order valence-electron chi connectivity index (χ3n) is 5.80. The molecule has 4 nitrogen and oxygen atoms in total. The van der Waals surface area contributed by atoms with Crippen LogP contribution in [0.3, 0.4) is 0 Å². The second-order valence-corrected chi connectivity index (χ2v) is 7.88. The van der Waals surface area contributed by atoms with Crippen molar-refractivity contribution < 1.29 is 9.47 Å². The third kappa shape index (κ3) is 4.99. The molecule has 2 aromatic rings. The number of benzene rings is 2. The van der Waals surface area contributed by atoms with E-state index < -0.39 is 0 Å². The van der Waals surface area contributed by atoms with Gasteiger partial charge in [-0.15, -0.1) is 12.4 Å². The van der Waals surface area contributed by atoms with Crippen LogP contribution in [0.2, 0.25) is 0 Å². The Balaban J connectivity index is 0.00000225. The highest BCUT2D eigenvalue weighted by Crippen LogP contribution is 2.37. The van der Waals surface area contributed by atoms with E-state index in [-0.39, 0.29) is 12.4 Å². The molecule has 2 heterocycles. The lowest BCUT2D eigenvalue weighted by molar-refractivity contribution is 0.262. The van der Waals surface area contributed by atoms with E-state index in [0.717, 1.165) is 23.6 Å². The molecule has 0 aromatic heterocycles. The summed E-state index contributed by atoms with van der Waals surface area (Å²) >= 11 is 0. The molecule has 1 atom stereocenters. The van der Waals surface area contributed by atoms with Gasteiger partial charge < -0.3 is 14.8 Å². The van der Waals surface area contributed by atoms with Crippen molar-refractivity contribution in [2.75, 3.05) is 32.8 Å². The summed E-state index contributed by atoms with van der Waals surface area (Å²) in [6.45, 7) is 8.96. The summed E-state index contributed by atoms with van der Waals surface area (Å²) < 4.78 is 11.9. The van der Waals surface area contributed by atoms with Crippen LogP contribution in [-0.4, -0.2) is 37.7 Å². The molecule has 0 radical (unpaired) electrons. The Bertz CT molecular complexity index is 748. The zero-order valence-corrected chi connectivity index (χ0v) is 17.5. The van der Waals surface area contributed by atoms with Gasteiger partial charge in [-0.2, -0.15) is 0 Å². The van der Waals surface area contributed by atoms with Crippen LogP contribution in [0.1, 0.15) is 30.9 Å². The van der Waals surface area contributed by atoms with Crippen LogP contribution in [-0.2, 0) is 13.2 Å². The second-order valence-electron chi connectivity index (χ2n) is 7.88. The van der Waals surface area contributed by atoms with Crippen LogP contribution in [0, 0.1) is 5.41 Å². The number of ether oxygens (including phenoxy) is 2. The van der Waals surface area contributed by atoms with Gasteiger partial charge in [0.15, 0.2) is 11.5 Å². The van der Waals surface area contributed by atoms with E-state index in [1.54, 1.807) is 0 Å². The molecule has 0 amide bonds. The van der Waals surface area contributed by atoms with E-state index in [4.69, 9.17) is 9.47 Å². The average molecular weight is 403 g/mol. The van der Waals surface area contributed by atoms with E-state index in [1.165, 1.54) is 44.6 Å². The summed E-state index contributed by atoms with van der Waals surface area (Å²) in [6, 6.07) is 16.6. The number of halogens is 1. The van der Waals surface area contributed by atoms with Crippen molar-refractivity contribution in [1.82, 2.24) is 10.2 Å². The second kappa shape index (κ2) is 9.64. The van der Waals surface area contributed by atoms with Gasteiger partial charge in [0.25, 0.3) is 0 Å². The first-order chi connectivity index (χ1) is 13.3. The molecule has 0 aliphatic carbocycles. The normalized spacial score (nSPS) is 21.6. The Morgan fingerprint density at radius 2 is 1.86 bits per heavy atom. The first-order valence-corrected chi connectivity index (χ1v) is 10.1. The Morgan fingerprint density at radius 1 is 1.00 bits per heavy atom. The zero-order valence-electron chi connectivity index (χ0n) is 16.7. The molecule has 2 aliphatic rings. The quantitative estimate of drug-likeness (QED) is 0.749. The van der Waals surface area contributed by atoms with Gasteiger partial charge in [-0.1, -0.05) is 36.4 Å². The lowest BCUT2D eigenvalue weighted by atomic mass is 9.86. The Hall–Kier alpha value is -1.75. The molecule has 1 N–H and O–H groups in total. The number of likely N-dealkylation sites (tertiary alicyclic amines) is 1. The largest absolute Gasteiger partial charge is 0.490 e. The van der Waals surface area contributed by atoms with Crippen molar-refractivity contribution in [2.45, 2.75) is 32.9 Å². The summed E-state index contributed by atoms with van der Waals surface area (Å²) in [5.74, 6) is 1.67. The van der Waals surface area contributed by atoms with Crippen molar-refractivity contribution in [3.8, 4) is 11.5 Å². The summed E-state index contributed by atoms with van der Waals surface area (Å²) in [6.07, 6.45) is 2.64. The number of hydrogen-bond donors (Lipinski definition) is 1. The predicted octanol–water partition coefficient (Wildman–Crippen LogP) is 4.27. The number of hydrogen-bond acceptors (Lipinski definition) is 4. The van der Waals surface area contributed by atoms with Crippen LogP contribution in [0.5, 0.6) is 11.5 Å². The lowest BCUT2D eigenvalue weighted by Crippen LogP contribution is -2.28. The Morgan fingerprint density at radius 3 is 2.61 bits per heavy atom. The van der Waals surface area contributed by atoms with Crippen molar-refractivity contribution in [3.63, 3.8) is 0 Å². The van der Waals surface area contributed by atoms with Gasteiger partial charge in [-0.05, 0) is 61.5 Å². The van der Waals surface area contributed by atoms with E-state index in [2.05, 4.69) is 40.5 Å². The monoisotopic (exact) mass is 402 g/mol. The minimum atomic E-state index is 0. The maximum absolute atomic E-state index is 6.03. The topological polar surface area (TPSA) is 33.7 Å². The highest BCUT2D eigenvalue weighted by Gasteiger charge is 2.40. The van der Waals surface area contributed by atoms with Gasteiger partial charge in [0.2, 0.25) is 0 Å². The van der Waals surface area contributed by atoms with Gasteiger partial charge in [0.1, 0.15) is 6.61 Å². The summed E-state index contributed by atoms with van der Waals surface area (Å²) in [5.41, 5.74) is 2.98. The molecule has 1 unspecified atom stereocenters. The molecule has 5 heteroatoms. The van der Waals surface area contributed by atoms with Crippen molar-refractivity contribution in [2.24, 2.45) is 5.41 Å². The fourth-order valence-corrected chi connectivity index (χ4v) is 4.34. The van der Waals surface area contributed by atoms with E-state index in [0.29, 0.717) is 18.6 Å². The highest BCUT2D eigenvalue weighted by atomic mass is 35.5. The average Bonchev–Trinajstić information content (AvgIpc) is 3.32. The van der Waals surface area contributed by atoms with Gasteiger partial charge >= 0.3 is 0 Å². The Kier molecular flexibility index (Phi) is 7.22. The van der Waals surface area contributed by atoms with Crippen LogP contribution in [0.15, 0.2) is 48.5 Å². The summed E-state index contributed by atoms with van der Waals surface area (Å²) in [5, 5.41) is 3.54. The predicted molar refractivity (Wildman–Crippen MR) is 115 cm³/mol. The van der Waals surface area contributed by atoms with Crippen LogP contribution < -0.4 is 14.8 Å². The van der Waals surface area contributed by atoms with Gasteiger partial charge in [0.05, 0.1) is 6.61 Å². The molecule has 28 heavy (non-hydrogen) atoms. The fraction of sp³-hybridized carbons (Fsp3) is 0.478. The maximum Gasteiger partial charge on any atom is 0.161 e. The first-order valence-electron chi connectivity index (χ1n) is 10.1. The Labute approximate surface area is 174 Å². The molecule has 4 rings (SSSR count). The smallest absolute Gasteiger partial charge is 0.161 e. The number of rotatable bonds is 7. The van der Waals surface area contributed by atoms with Crippen LogP contribution in [0.4, 0.5) is 0 Å². The van der Waals surface area contributed by atoms with E-state index in [1.807, 2.05) is 25.1 Å². The first kappa shape index (κ1) is 21.0. The molecule has 2 aromatic carbocycles. The zero-order chi connectivity index (χ0) is 18.5. The molecule has 152 valence electrons. The van der Waals surface area contributed by atoms with Gasteiger partial charge in [-0.3, -0.25) is 4.90 Å². The number of nitrogens with one attached hydrogen (secondary N) is 1. The minimum absolute atomic E-state index is 0. The summed E-state index contributed by atoms with van der Waals surface area (Å²) in [7, 11) is 0. The highest BCUT2D eigenvalue weighted by molar-refractivity contribution is 5.85. The van der Waals surface area contributed by atoms with Crippen LogP contribution in [0.25, 0.3) is 0 Å².